The second kappa shape index (κ2) is 9.87. The van der Waals surface area contributed by atoms with Gasteiger partial charge in [0.05, 0.1) is 5.92 Å². The second-order valence-electron chi connectivity index (χ2n) is 8.27. The fourth-order valence-electron chi connectivity index (χ4n) is 4.15. The molecular weight excluding hydrogens is 519 g/mol. The van der Waals surface area contributed by atoms with Crippen LogP contribution in [0, 0.1) is 11.7 Å². The number of amides is 1. The topological polar surface area (TPSA) is 46.2 Å². The molecule has 8 heteroatoms. The zero-order chi connectivity index (χ0) is 24.6. The van der Waals surface area contributed by atoms with E-state index >= 15 is 0 Å². The average molecular weight is 539 g/mol. The number of Topliss-reactive ketones (excluding diaryl/α,β-unsaturated/α-hetero) is 1. The summed E-state index contributed by atoms with van der Waals surface area (Å²) in [4.78, 5) is 26.0. The van der Waals surface area contributed by atoms with Gasteiger partial charge in [0.25, 0.3) is 0 Å². The lowest BCUT2D eigenvalue weighted by Gasteiger charge is -2.12. The first-order valence-electron chi connectivity index (χ1n) is 10.7. The van der Waals surface area contributed by atoms with Gasteiger partial charge in [-0.1, -0.05) is 48.3 Å². The number of halogens is 5. The number of carbonyl (C=O) groups excluding carboxylic acids is 2. The molecule has 2 unspecified atom stereocenters. The molecule has 34 heavy (non-hydrogen) atoms. The van der Waals surface area contributed by atoms with Gasteiger partial charge in [0.2, 0.25) is 5.91 Å². The lowest BCUT2D eigenvalue weighted by atomic mass is 9.96. The summed E-state index contributed by atoms with van der Waals surface area (Å²) in [6.07, 6.45) is 0.767. The summed E-state index contributed by atoms with van der Waals surface area (Å²) in [5.41, 5.74) is 3.20. The highest BCUT2D eigenvalue weighted by Gasteiger charge is 2.67. The number of anilines is 1. The van der Waals surface area contributed by atoms with E-state index in [0.717, 1.165) is 5.56 Å². The van der Waals surface area contributed by atoms with E-state index in [4.69, 9.17) is 46.4 Å². The number of benzene rings is 3. The molecule has 1 aliphatic rings. The molecule has 3 aromatic rings. The molecule has 0 heterocycles. The van der Waals surface area contributed by atoms with Crippen molar-refractivity contribution in [2.75, 3.05) is 5.32 Å². The highest BCUT2D eigenvalue weighted by Crippen LogP contribution is 2.65. The van der Waals surface area contributed by atoms with Crippen LogP contribution in [-0.2, 0) is 17.6 Å². The predicted octanol–water partition coefficient (Wildman–Crippen LogP) is 7.65. The molecule has 3 aromatic carbocycles. The van der Waals surface area contributed by atoms with Gasteiger partial charge in [-0.3, -0.25) is 9.59 Å². The van der Waals surface area contributed by atoms with Gasteiger partial charge in [-0.15, -0.1) is 23.2 Å². The average Bonchev–Trinajstić information content (AvgIpc) is 3.36. The largest absolute Gasteiger partial charge is 0.326 e. The highest BCUT2D eigenvalue weighted by atomic mass is 35.5. The van der Waals surface area contributed by atoms with Crippen molar-refractivity contribution < 1.29 is 14.0 Å². The van der Waals surface area contributed by atoms with Crippen LogP contribution >= 0.6 is 46.4 Å². The maximum atomic E-state index is 13.2. The summed E-state index contributed by atoms with van der Waals surface area (Å²) in [7, 11) is 0. The van der Waals surface area contributed by atoms with E-state index in [2.05, 4.69) is 5.32 Å². The number of alkyl halides is 2. The van der Waals surface area contributed by atoms with Crippen LogP contribution in [0.15, 0.2) is 60.7 Å². The van der Waals surface area contributed by atoms with Crippen LogP contribution in [0.2, 0.25) is 10.0 Å². The van der Waals surface area contributed by atoms with Crippen molar-refractivity contribution in [3.8, 4) is 0 Å². The molecule has 0 bridgehead atoms. The van der Waals surface area contributed by atoms with E-state index in [1.54, 1.807) is 42.5 Å². The summed E-state index contributed by atoms with van der Waals surface area (Å²) in [6.45, 7) is 1.95. The Morgan fingerprint density at radius 3 is 2.24 bits per heavy atom. The second-order valence-corrected chi connectivity index (χ2v) is 10.6. The number of ketones is 1. The quantitative estimate of drug-likeness (QED) is 0.248. The number of nitrogens with one attached hydrogen (secondary N) is 1. The number of hydrogen-bond acceptors (Lipinski definition) is 2. The minimum Gasteiger partial charge on any atom is -0.326 e. The Kier molecular flexibility index (Phi) is 7.25. The van der Waals surface area contributed by atoms with Crippen LogP contribution in [0.4, 0.5) is 10.1 Å². The fraction of sp³-hybridized carbons (Fsp3) is 0.231. The van der Waals surface area contributed by atoms with Gasteiger partial charge in [-0.05, 0) is 65.6 Å². The molecule has 0 spiro atoms. The Bertz CT molecular complexity index is 1240. The predicted molar refractivity (Wildman–Crippen MR) is 136 cm³/mol. The van der Waals surface area contributed by atoms with Crippen LogP contribution in [0.3, 0.4) is 0 Å². The van der Waals surface area contributed by atoms with Crippen molar-refractivity contribution in [3.63, 3.8) is 0 Å². The van der Waals surface area contributed by atoms with Crippen molar-refractivity contribution in [2.24, 2.45) is 5.92 Å². The van der Waals surface area contributed by atoms with Gasteiger partial charge < -0.3 is 5.32 Å². The first-order valence-corrected chi connectivity index (χ1v) is 12.2. The van der Waals surface area contributed by atoms with Gasteiger partial charge in [0, 0.05) is 33.6 Å². The molecule has 2 atom stereocenters. The molecule has 0 aliphatic heterocycles. The standard InChI is InChI=1S/C26H20Cl4FNO2/c1-2-15-5-8-20(13-21(15)22(33)9-14-3-6-19(31)7-4-14)32-25(34)24-23(26(24,29)30)16-10-17(27)12-18(28)11-16/h3-8,10-13,23-24H,2,9H2,1H3,(H,32,34). The third kappa shape index (κ3) is 5.26. The van der Waals surface area contributed by atoms with E-state index in [1.807, 2.05) is 13.0 Å². The number of hydrogen-bond donors (Lipinski definition) is 1. The zero-order valence-electron chi connectivity index (χ0n) is 18.0. The van der Waals surface area contributed by atoms with Crippen LogP contribution in [-0.4, -0.2) is 16.0 Å². The summed E-state index contributed by atoms with van der Waals surface area (Å²) in [5.74, 6) is -2.03. The summed E-state index contributed by atoms with van der Waals surface area (Å²) in [5, 5.41) is 3.69. The third-order valence-corrected chi connectivity index (χ3v) is 7.29. The summed E-state index contributed by atoms with van der Waals surface area (Å²) < 4.78 is 11.9. The molecule has 1 fully saturated rings. The Balaban J connectivity index is 1.53. The SMILES string of the molecule is CCc1ccc(NC(=O)C2C(c3cc(Cl)cc(Cl)c3)C2(Cl)Cl)cc1C(=O)Cc1ccc(F)cc1. The maximum absolute atomic E-state index is 13.2. The number of aryl methyl sites for hydroxylation is 1. The Morgan fingerprint density at radius 1 is 0.971 bits per heavy atom. The van der Waals surface area contributed by atoms with E-state index in [-0.39, 0.29) is 23.9 Å². The van der Waals surface area contributed by atoms with Crippen molar-refractivity contribution in [2.45, 2.75) is 30.0 Å². The van der Waals surface area contributed by atoms with Crippen LogP contribution in [0.5, 0.6) is 0 Å². The normalized spacial score (nSPS) is 18.4. The Labute approximate surface area is 217 Å². The highest BCUT2D eigenvalue weighted by molar-refractivity contribution is 6.53. The van der Waals surface area contributed by atoms with Gasteiger partial charge in [-0.25, -0.2) is 4.39 Å². The molecule has 0 aromatic heterocycles. The van der Waals surface area contributed by atoms with E-state index in [0.29, 0.717) is 38.8 Å². The number of carbonyl (C=O) groups is 2. The molecule has 1 N–H and O–H groups in total. The van der Waals surface area contributed by atoms with Crippen molar-refractivity contribution >= 4 is 63.8 Å². The minimum absolute atomic E-state index is 0.122. The van der Waals surface area contributed by atoms with Gasteiger partial charge in [0.15, 0.2) is 5.78 Å². The van der Waals surface area contributed by atoms with Crippen molar-refractivity contribution in [1.29, 1.82) is 0 Å². The summed E-state index contributed by atoms with van der Waals surface area (Å²) in [6, 6.07) is 16.0. The molecule has 1 amide bonds. The first kappa shape index (κ1) is 25.0. The van der Waals surface area contributed by atoms with Gasteiger partial charge >= 0.3 is 0 Å². The van der Waals surface area contributed by atoms with Gasteiger partial charge in [-0.2, -0.15) is 0 Å². The zero-order valence-corrected chi connectivity index (χ0v) is 21.1. The molecule has 1 saturated carbocycles. The van der Waals surface area contributed by atoms with Gasteiger partial charge in [0.1, 0.15) is 10.2 Å². The first-order chi connectivity index (χ1) is 16.1. The van der Waals surface area contributed by atoms with E-state index in [1.165, 1.54) is 12.1 Å². The molecule has 0 radical (unpaired) electrons. The monoisotopic (exact) mass is 537 g/mol. The lowest BCUT2D eigenvalue weighted by molar-refractivity contribution is -0.117. The molecule has 3 nitrogen and oxygen atoms in total. The maximum Gasteiger partial charge on any atom is 0.231 e. The van der Waals surface area contributed by atoms with E-state index in [9.17, 15) is 14.0 Å². The van der Waals surface area contributed by atoms with Crippen LogP contribution in [0.25, 0.3) is 0 Å². The fourth-order valence-corrected chi connectivity index (χ4v) is 5.52. The summed E-state index contributed by atoms with van der Waals surface area (Å²) >= 11 is 25.1. The Morgan fingerprint density at radius 2 is 1.62 bits per heavy atom. The number of rotatable bonds is 7. The molecule has 1 aliphatic carbocycles. The van der Waals surface area contributed by atoms with E-state index < -0.39 is 16.2 Å². The van der Waals surface area contributed by atoms with Crippen molar-refractivity contribution in [1.82, 2.24) is 0 Å². The van der Waals surface area contributed by atoms with Crippen LogP contribution in [0.1, 0.15) is 39.9 Å². The van der Waals surface area contributed by atoms with Crippen molar-refractivity contribution in [3.05, 3.63) is 98.8 Å². The molecule has 4 rings (SSSR count). The van der Waals surface area contributed by atoms with Crippen LogP contribution < -0.4 is 5.32 Å². The minimum atomic E-state index is -1.30. The smallest absolute Gasteiger partial charge is 0.231 e. The molecular formula is C26H20Cl4FNO2. The Hall–Kier alpha value is -2.11. The third-order valence-electron chi connectivity index (χ3n) is 5.92. The molecule has 176 valence electrons. The molecule has 0 saturated heterocycles. The lowest BCUT2D eigenvalue weighted by Crippen LogP contribution is -2.18.